The minimum atomic E-state index is -0.962. The monoisotopic (exact) mass is 464 g/mol. The zero-order valence-corrected chi connectivity index (χ0v) is 18.4. The third-order valence-electron chi connectivity index (χ3n) is 6.57. The summed E-state index contributed by atoms with van der Waals surface area (Å²) in [5.41, 5.74) is -0.894. The van der Waals surface area contributed by atoms with Gasteiger partial charge in [-0.2, -0.15) is 0 Å². The van der Waals surface area contributed by atoms with Crippen molar-refractivity contribution in [3.05, 3.63) is 74.5 Å². The Hall–Kier alpha value is -2.10. The van der Waals surface area contributed by atoms with Gasteiger partial charge in [0.05, 0.1) is 28.8 Å². The Bertz CT molecular complexity index is 957. The minimum absolute atomic E-state index is 0.290. The van der Waals surface area contributed by atoms with Crippen molar-refractivity contribution in [2.75, 3.05) is 26.2 Å². The number of benzene rings is 2. The second kappa shape index (κ2) is 9.41. The zero-order valence-electron chi connectivity index (χ0n) is 17.6. The van der Waals surface area contributed by atoms with Crippen LogP contribution in [0.5, 0.6) is 0 Å². The van der Waals surface area contributed by atoms with E-state index in [-0.39, 0.29) is 5.69 Å². The van der Waals surface area contributed by atoms with Crippen LogP contribution in [0.4, 0.5) is 10.1 Å². The SMILES string of the molecule is O=[N+]([O-])c1cc(F)ccc1C1(CCCN2CCC(O)(c3ccc(Cl)cc3)CC2)CCOO1. The van der Waals surface area contributed by atoms with E-state index in [1.807, 2.05) is 12.1 Å². The van der Waals surface area contributed by atoms with Gasteiger partial charge < -0.3 is 10.0 Å². The minimum Gasteiger partial charge on any atom is -0.385 e. The Labute approximate surface area is 190 Å². The Morgan fingerprint density at radius 3 is 2.50 bits per heavy atom. The van der Waals surface area contributed by atoms with Gasteiger partial charge in [0.1, 0.15) is 11.4 Å². The first-order chi connectivity index (χ1) is 15.3. The molecule has 2 fully saturated rings. The summed E-state index contributed by atoms with van der Waals surface area (Å²) in [6, 6.07) is 10.9. The highest BCUT2D eigenvalue weighted by atomic mass is 35.5. The molecule has 7 nitrogen and oxygen atoms in total. The highest BCUT2D eigenvalue weighted by Crippen LogP contribution is 2.43. The van der Waals surface area contributed by atoms with E-state index in [9.17, 15) is 19.6 Å². The van der Waals surface area contributed by atoms with Gasteiger partial charge in [0.15, 0.2) is 0 Å². The van der Waals surface area contributed by atoms with Crippen LogP contribution < -0.4 is 0 Å². The van der Waals surface area contributed by atoms with Gasteiger partial charge >= 0.3 is 0 Å². The number of hydrogen-bond donors (Lipinski definition) is 1. The Kier molecular flexibility index (Phi) is 6.78. The lowest BCUT2D eigenvalue weighted by atomic mass is 9.83. The number of nitrogens with zero attached hydrogens (tertiary/aromatic N) is 2. The molecule has 1 atom stereocenters. The smallest absolute Gasteiger partial charge is 0.278 e. The number of likely N-dealkylation sites (tertiary alicyclic amines) is 1. The molecule has 32 heavy (non-hydrogen) atoms. The molecule has 0 radical (unpaired) electrons. The zero-order chi connectivity index (χ0) is 22.8. The number of rotatable bonds is 7. The van der Waals surface area contributed by atoms with Crippen molar-refractivity contribution < 1.29 is 24.2 Å². The van der Waals surface area contributed by atoms with Gasteiger partial charge in [0, 0.05) is 24.5 Å². The molecule has 2 aromatic carbocycles. The molecule has 0 bridgehead atoms. The van der Waals surface area contributed by atoms with Crippen LogP contribution in [0.15, 0.2) is 42.5 Å². The molecule has 2 aliphatic heterocycles. The van der Waals surface area contributed by atoms with Crippen LogP contribution in [0.25, 0.3) is 0 Å². The number of aliphatic hydroxyl groups is 1. The third kappa shape index (κ3) is 4.79. The van der Waals surface area contributed by atoms with E-state index in [1.165, 1.54) is 12.1 Å². The van der Waals surface area contributed by atoms with E-state index in [4.69, 9.17) is 21.4 Å². The molecule has 0 aromatic heterocycles. The van der Waals surface area contributed by atoms with Gasteiger partial charge in [-0.25, -0.2) is 14.2 Å². The van der Waals surface area contributed by atoms with Crippen LogP contribution in [0.3, 0.4) is 0 Å². The fraction of sp³-hybridized carbons (Fsp3) is 0.478. The molecule has 2 aliphatic rings. The molecule has 1 unspecified atom stereocenters. The van der Waals surface area contributed by atoms with Crippen molar-refractivity contribution in [2.45, 2.75) is 43.3 Å². The second-order valence-electron chi connectivity index (χ2n) is 8.55. The van der Waals surface area contributed by atoms with Crippen LogP contribution in [-0.4, -0.2) is 41.2 Å². The average molecular weight is 465 g/mol. The maximum absolute atomic E-state index is 13.6. The summed E-state index contributed by atoms with van der Waals surface area (Å²) >= 11 is 5.96. The number of nitro groups is 1. The summed E-state index contributed by atoms with van der Waals surface area (Å²) in [6.45, 7) is 2.56. The largest absolute Gasteiger partial charge is 0.385 e. The van der Waals surface area contributed by atoms with Crippen molar-refractivity contribution in [2.24, 2.45) is 0 Å². The van der Waals surface area contributed by atoms with Gasteiger partial charge in [0.25, 0.3) is 5.69 Å². The van der Waals surface area contributed by atoms with Crippen molar-refractivity contribution in [3.8, 4) is 0 Å². The normalized spacial score (nSPS) is 23.3. The van der Waals surface area contributed by atoms with Crippen LogP contribution in [0.2, 0.25) is 5.02 Å². The Morgan fingerprint density at radius 1 is 1.16 bits per heavy atom. The second-order valence-corrected chi connectivity index (χ2v) is 8.99. The number of piperidine rings is 1. The lowest BCUT2D eigenvalue weighted by Gasteiger charge is -2.39. The molecule has 4 rings (SSSR count). The highest BCUT2D eigenvalue weighted by molar-refractivity contribution is 6.30. The van der Waals surface area contributed by atoms with Crippen molar-refractivity contribution in [1.82, 2.24) is 4.90 Å². The molecule has 2 heterocycles. The number of halogens is 2. The molecule has 0 aliphatic carbocycles. The van der Waals surface area contributed by atoms with Crippen LogP contribution in [-0.2, 0) is 21.0 Å². The lowest BCUT2D eigenvalue weighted by Crippen LogP contribution is -2.43. The predicted octanol–water partition coefficient (Wildman–Crippen LogP) is 4.70. The summed E-state index contributed by atoms with van der Waals surface area (Å²) in [5, 5.41) is 23.2. The van der Waals surface area contributed by atoms with Crippen molar-refractivity contribution in [1.29, 1.82) is 0 Å². The maximum Gasteiger partial charge on any atom is 0.278 e. The highest BCUT2D eigenvalue weighted by Gasteiger charge is 2.43. The van der Waals surface area contributed by atoms with E-state index in [0.29, 0.717) is 42.9 Å². The molecular weight excluding hydrogens is 439 g/mol. The van der Waals surface area contributed by atoms with E-state index < -0.39 is 21.9 Å². The molecule has 172 valence electrons. The third-order valence-corrected chi connectivity index (χ3v) is 6.83. The van der Waals surface area contributed by atoms with E-state index >= 15 is 0 Å². The first-order valence-electron chi connectivity index (χ1n) is 10.8. The first kappa shape index (κ1) is 23.1. The van der Waals surface area contributed by atoms with Gasteiger partial charge in [-0.1, -0.05) is 23.7 Å². The fourth-order valence-corrected chi connectivity index (χ4v) is 4.83. The van der Waals surface area contributed by atoms with E-state index in [0.717, 1.165) is 37.7 Å². The van der Waals surface area contributed by atoms with Gasteiger partial charge in [-0.3, -0.25) is 10.1 Å². The Morgan fingerprint density at radius 2 is 1.88 bits per heavy atom. The van der Waals surface area contributed by atoms with E-state index in [2.05, 4.69) is 4.90 Å². The van der Waals surface area contributed by atoms with Crippen molar-refractivity contribution in [3.63, 3.8) is 0 Å². The van der Waals surface area contributed by atoms with Gasteiger partial charge in [0.2, 0.25) is 0 Å². The number of hydrogen-bond acceptors (Lipinski definition) is 6. The predicted molar refractivity (Wildman–Crippen MR) is 117 cm³/mol. The molecule has 9 heteroatoms. The molecule has 0 spiro atoms. The summed E-state index contributed by atoms with van der Waals surface area (Å²) in [7, 11) is 0. The first-order valence-corrected chi connectivity index (χ1v) is 11.2. The topological polar surface area (TPSA) is 85.1 Å². The summed E-state index contributed by atoms with van der Waals surface area (Å²) < 4.78 is 13.6. The van der Waals surface area contributed by atoms with Gasteiger partial charge in [-0.05, 0) is 62.1 Å². The molecule has 2 aromatic rings. The van der Waals surface area contributed by atoms with Crippen LogP contribution >= 0.6 is 11.6 Å². The summed E-state index contributed by atoms with van der Waals surface area (Å²) in [4.78, 5) is 23.9. The average Bonchev–Trinajstić information content (AvgIpc) is 3.25. The molecule has 0 saturated carbocycles. The molecular formula is C23H26ClFN2O5. The standard InChI is InChI=1S/C23H26ClFN2O5/c24-18-4-2-17(3-5-18)22(28)9-13-26(14-10-22)12-1-8-23(11-15-31-32-23)20-7-6-19(25)16-21(20)27(29)30/h2-7,16,28H,1,8-15H2. The Balaban J connectivity index is 1.37. The number of nitro benzene ring substituents is 1. The van der Waals surface area contributed by atoms with Crippen molar-refractivity contribution >= 4 is 17.3 Å². The maximum atomic E-state index is 13.6. The molecule has 1 N–H and O–H groups in total. The summed E-state index contributed by atoms with van der Waals surface area (Å²) in [6.07, 6.45) is 2.93. The van der Waals surface area contributed by atoms with E-state index in [1.54, 1.807) is 12.1 Å². The van der Waals surface area contributed by atoms with Crippen LogP contribution in [0.1, 0.15) is 43.2 Å². The molecule has 0 amide bonds. The van der Waals surface area contributed by atoms with Crippen LogP contribution in [0, 0.1) is 15.9 Å². The van der Waals surface area contributed by atoms with Gasteiger partial charge in [-0.15, -0.1) is 0 Å². The quantitative estimate of drug-likeness (QED) is 0.363. The summed E-state index contributed by atoms with van der Waals surface area (Å²) in [5.74, 6) is -0.656. The lowest BCUT2D eigenvalue weighted by molar-refractivity contribution is -0.389. The fourth-order valence-electron chi connectivity index (χ4n) is 4.71. The molecule has 2 saturated heterocycles.